The van der Waals surface area contributed by atoms with Crippen LogP contribution in [0.2, 0.25) is 0 Å². The minimum absolute atomic E-state index is 0.0214. The van der Waals surface area contributed by atoms with Crippen molar-refractivity contribution in [1.82, 2.24) is 14.8 Å². The molecule has 7 nitrogen and oxygen atoms in total. The highest BCUT2D eigenvalue weighted by Crippen LogP contribution is 2.30. The van der Waals surface area contributed by atoms with Crippen LogP contribution in [0.3, 0.4) is 0 Å². The van der Waals surface area contributed by atoms with E-state index in [2.05, 4.69) is 10.1 Å². The normalized spacial score (nSPS) is 10.3. The first-order valence-electron chi connectivity index (χ1n) is 4.44. The Hall–Kier alpha value is -2.44. The van der Waals surface area contributed by atoms with Gasteiger partial charge >= 0.3 is 0 Å². The number of benzene rings is 1. The molecule has 0 atom stereocenters. The number of nitrogens with zero attached hydrogens (tertiary/aromatic N) is 4. The topological polar surface area (TPSA) is 94.1 Å². The van der Waals surface area contributed by atoms with Gasteiger partial charge in [0.15, 0.2) is 5.69 Å². The van der Waals surface area contributed by atoms with Gasteiger partial charge in [-0.05, 0) is 13.0 Å². The monoisotopic (exact) mass is 220 g/mol. The molecule has 2 rings (SSSR count). The van der Waals surface area contributed by atoms with Crippen LogP contribution in [0.5, 0.6) is 5.75 Å². The molecule has 1 heterocycles. The number of nitro benzene ring substituents is 1. The Balaban J connectivity index is 2.67. The number of para-hydroxylation sites is 1. The van der Waals surface area contributed by atoms with Crippen molar-refractivity contribution in [3.8, 4) is 11.4 Å². The summed E-state index contributed by atoms with van der Waals surface area (Å²) in [5, 5.41) is 24.3. The van der Waals surface area contributed by atoms with Crippen molar-refractivity contribution in [1.29, 1.82) is 0 Å². The summed E-state index contributed by atoms with van der Waals surface area (Å²) in [7, 11) is 0. The SMILES string of the molecule is Cc1ncn(-c2c(O)cccc2[N+](=O)[O-])n1. The maximum atomic E-state index is 10.8. The fourth-order valence-corrected chi connectivity index (χ4v) is 1.36. The quantitative estimate of drug-likeness (QED) is 0.605. The van der Waals surface area contributed by atoms with Crippen molar-refractivity contribution >= 4 is 5.69 Å². The summed E-state index contributed by atoms with van der Waals surface area (Å²) in [5.41, 5.74) is -0.196. The second kappa shape index (κ2) is 3.61. The molecule has 0 saturated carbocycles. The minimum Gasteiger partial charge on any atom is -0.505 e. The van der Waals surface area contributed by atoms with E-state index in [9.17, 15) is 15.2 Å². The molecule has 1 aromatic carbocycles. The van der Waals surface area contributed by atoms with Crippen LogP contribution in [-0.4, -0.2) is 24.8 Å². The lowest BCUT2D eigenvalue weighted by molar-refractivity contribution is -0.384. The first kappa shape index (κ1) is 10.1. The maximum absolute atomic E-state index is 10.8. The third-order valence-electron chi connectivity index (χ3n) is 2.03. The molecule has 82 valence electrons. The Bertz CT molecular complexity index is 549. The largest absolute Gasteiger partial charge is 0.505 e. The van der Waals surface area contributed by atoms with E-state index in [4.69, 9.17) is 0 Å². The van der Waals surface area contributed by atoms with E-state index in [0.29, 0.717) is 5.82 Å². The molecule has 7 heteroatoms. The number of aromatic nitrogens is 3. The summed E-state index contributed by atoms with van der Waals surface area (Å²) in [6.07, 6.45) is 1.32. The van der Waals surface area contributed by atoms with Gasteiger partial charge in [0.2, 0.25) is 0 Å². The molecule has 0 bridgehead atoms. The lowest BCUT2D eigenvalue weighted by atomic mass is 10.2. The van der Waals surface area contributed by atoms with E-state index in [-0.39, 0.29) is 17.1 Å². The summed E-state index contributed by atoms with van der Waals surface area (Å²) in [5.74, 6) is 0.261. The van der Waals surface area contributed by atoms with Gasteiger partial charge in [0.25, 0.3) is 5.69 Å². The molecule has 0 amide bonds. The van der Waals surface area contributed by atoms with Crippen molar-refractivity contribution in [2.75, 3.05) is 0 Å². The van der Waals surface area contributed by atoms with E-state index in [1.54, 1.807) is 6.92 Å². The summed E-state index contributed by atoms with van der Waals surface area (Å²) < 4.78 is 1.18. The molecule has 2 aromatic rings. The van der Waals surface area contributed by atoms with Gasteiger partial charge < -0.3 is 5.11 Å². The summed E-state index contributed by atoms with van der Waals surface area (Å²) in [4.78, 5) is 14.1. The Morgan fingerprint density at radius 3 is 2.81 bits per heavy atom. The number of hydrogen-bond acceptors (Lipinski definition) is 5. The number of aromatic hydroxyl groups is 1. The van der Waals surface area contributed by atoms with Gasteiger partial charge in [-0.1, -0.05) is 6.07 Å². The lowest BCUT2D eigenvalue weighted by Crippen LogP contribution is -2.01. The lowest BCUT2D eigenvalue weighted by Gasteiger charge is -2.03. The van der Waals surface area contributed by atoms with Gasteiger partial charge in [-0.3, -0.25) is 10.1 Å². The number of phenols is 1. The fraction of sp³-hybridized carbons (Fsp3) is 0.111. The van der Waals surface area contributed by atoms with Crippen LogP contribution in [0.1, 0.15) is 5.82 Å². The van der Waals surface area contributed by atoms with Crippen molar-refractivity contribution < 1.29 is 10.0 Å². The molecule has 0 fully saturated rings. The fourth-order valence-electron chi connectivity index (χ4n) is 1.36. The highest BCUT2D eigenvalue weighted by Gasteiger charge is 2.19. The number of rotatable bonds is 2. The maximum Gasteiger partial charge on any atom is 0.298 e. The van der Waals surface area contributed by atoms with E-state index < -0.39 is 4.92 Å². The van der Waals surface area contributed by atoms with Crippen LogP contribution < -0.4 is 0 Å². The molecular formula is C9H8N4O3. The van der Waals surface area contributed by atoms with Crippen molar-refractivity contribution in [3.05, 3.63) is 40.5 Å². The van der Waals surface area contributed by atoms with E-state index in [1.807, 2.05) is 0 Å². The third-order valence-corrected chi connectivity index (χ3v) is 2.03. The first-order valence-corrected chi connectivity index (χ1v) is 4.44. The van der Waals surface area contributed by atoms with Crippen LogP contribution in [0.15, 0.2) is 24.5 Å². The Morgan fingerprint density at radius 2 is 2.25 bits per heavy atom. The van der Waals surface area contributed by atoms with E-state index >= 15 is 0 Å². The number of phenolic OH excluding ortho intramolecular Hbond substituents is 1. The van der Waals surface area contributed by atoms with E-state index in [0.717, 1.165) is 0 Å². The number of aryl methyl sites for hydroxylation is 1. The smallest absolute Gasteiger partial charge is 0.298 e. The molecular weight excluding hydrogens is 212 g/mol. The second-order valence-corrected chi connectivity index (χ2v) is 3.14. The van der Waals surface area contributed by atoms with Crippen LogP contribution in [0.25, 0.3) is 5.69 Å². The zero-order valence-electron chi connectivity index (χ0n) is 8.36. The molecule has 0 aliphatic heterocycles. The van der Waals surface area contributed by atoms with Crippen molar-refractivity contribution in [3.63, 3.8) is 0 Å². The summed E-state index contributed by atoms with van der Waals surface area (Å²) >= 11 is 0. The minimum atomic E-state index is -0.577. The average Bonchev–Trinajstić information content (AvgIpc) is 2.64. The molecule has 1 N–H and O–H groups in total. The third kappa shape index (κ3) is 1.58. The number of hydrogen-bond donors (Lipinski definition) is 1. The average molecular weight is 220 g/mol. The van der Waals surface area contributed by atoms with Crippen LogP contribution in [0.4, 0.5) is 5.69 Å². The summed E-state index contributed by atoms with van der Waals surface area (Å²) in [6.45, 7) is 1.66. The molecule has 0 unspecified atom stereocenters. The van der Waals surface area contributed by atoms with Crippen LogP contribution >= 0.6 is 0 Å². The van der Waals surface area contributed by atoms with Crippen LogP contribution in [0, 0.1) is 17.0 Å². The van der Waals surface area contributed by atoms with Gasteiger partial charge in [-0.15, -0.1) is 0 Å². The predicted molar refractivity (Wildman–Crippen MR) is 54.4 cm³/mol. The van der Waals surface area contributed by atoms with Gasteiger partial charge in [-0.25, -0.2) is 9.67 Å². The predicted octanol–water partition coefficient (Wildman–Crippen LogP) is 1.19. The zero-order chi connectivity index (χ0) is 11.7. The standard InChI is InChI=1S/C9H8N4O3/c1-6-10-5-12(11-6)9-7(13(15)16)3-2-4-8(9)14/h2-5,14H,1H3. The molecule has 0 radical (unpaired) electrons. The van der Waals surface area contributed by atoms with Crippen molar-refractivity contribution in [2.24, 2.45) is 0 Å². The Kier molecular flexibility index (Phi) is 2.28. The van der Waals surface area contributed by atoms with Gasteiger partial charge in [0.05, 0.1) is 4.92 Å². The molecule has 0 aliphatic rings. The molecule has 0 spiro atoms. The van der Waals surface area contributed by atoms with Gasteiger partial charge in [0.1, 0.15) is 17.9 Å². The molecule has 1 aromatic heterocycles. The molecule has 16 heavy (non-hydrogen) atoms. The second-order valence-electron chi connectivity index (χ2n) is 3.14. The number of nitro groups is 1. The van der Waals surface area contributed by atoms with E-state index in [1.165, 1.54) is 29.2 Å². The zero-order valence-corrected chi connectivity index (χ0v) is 8.36. The van der Waals surface area contributed by atoms with Gasteiger partial charge in [0, 0.05) is 6.07 Å². The highest BCUT2D eigenvalue weighted by molar-refractivity contribution is 5.60. The van der Waals surface area contributed by atoms with Crippen molar-refractivity contribution in [2.45, 2.75) is 6.92 Å². The first-order chi connectivity index (χ1) is 7.59. The summed E-state index contributed by atoms with van der Waals surface area (Å²) in [6, 6.07) is 4.06. The van der Waals surface area contributed by atoms with Crippen LogP contribution in [-0.2, 0) is 0 Å². The highest BCUT2D eigenvalue weighted by atomic mass is 16.6. The Labute approximate surface area is 90.1 Å². The van der Waals surface area contributed by atoms with Gasteiger partial charge in [-0.2, -0.15) is 5.10 Å². The molecule has 0 saturated heterocycles. The molecule has 0 aliphatic carbocycles. The Morgan fingerprint density at radius 1 is 1.50 bits per heavy atom.